The Morgan fingerprint density at radius 3 is 2.94 bits per heavy atom. The minimum absolute atomic E-state index is 0.832. The average molecular weight is 258 g/mol. The summed E-state index contributed by atoms with van der Waals surface area (Å²) >= 11 is 1.64. The van der Waals surface area contributed by atoms with Crippen LogP contribution in [0.4, 0.5) is 5.00 Å². The molecule has 0 aliphatic heterocycles. The van der Waals surface area contributed by atoms with Gasteiger partial charge >= 0.3 is 0 Å². The fraction of sp³-hybridized carbons (Fsp3) is 0.231. The van der Waals surface area contributed by atoms with Crippen molar-refractivity contribution in [2.75, 3.05) is 5.73 Å². The highest BCUT2D eigenvalue weighted by molar-refractivity contribution is 7.16. The number of hydrogen-bond donors (Lipinski definition) is 1. The fourth-order valence-electron chi connectivity index (χ4n) is 2.08. The Kier molecular flexibility index (Phi) is 2.56. The topological polar surface area (TPSA) is 56.7 Å². The summed E-state index contributed by atoms with van der Waals surface area (Å²) in [6.07, 6.45) is 4.59. The molecule has 5 heteroatoms. The summed E-state index contributed by atoms with van der Waals surface area (Å²) in [4.78, 5) is 10.1. The van der Waals surface area contributed by atoms with Crippen molar-refractivity contribution in [3.63, 3.8) is 0 Å². The predicted octanol–water partition coefficient (Wildman–Crippen LogP) is 2.84. The Labute approximate surface area is 109 Å². The molecule has 0 aromatic carbocycles. The Balaban J connectivity index is 2.24. The van der Waals surface area contributed by atoms with Crippen molar-refractivity contribution in [2.24, 2.45) is 7.05 Å². The number of thiophene rings is 1. The molecule has 0 atom stereocenters. The SMILES string of the molecule is CCc1cc(-c2nc3ccncc3n2C)c(N)s1. The van der Waals surface area contributed by atoms with Gasteiger partial charge in [-0.15, -0.1) is 11.3 Å². The number of nitrogen functional groups attached to an aromatic ring is 1. The van der Waals surface area contributed by atoms with Crippen molar-refractivity contribution in [1.82, 2.24) is 14.5 Å². The molecule has 0 spiro atoms. The monoisotopic (exact) mass is 258 g/mol. The molecule has 0 aliphatic carbocycles. The minimum Gasteiger partial charge on any atom is -0.390 e. The van der Waals surface area contributed by atoms with Crippen molar-refractivity contribution in [2.45, 2.75) is 13.3 Å². The number of anilines is 1. The third-order valence-electron chi connectivity index (χ3n) is 3.08. The lowest BCUT2D eigenvalue weighted by Gasteiger charge is -2.00. The smallest absolute Gasteiger partial charge is 0.143 e. The number of aryl methyl sites for hydroxylation is 2. The van der Waals surface area contributed by atoms with E-state index < -0.39 is 0 Å². The van der Waals surface area contributed by atoms with Gasteiger partial charge in [-0.2, -0.15) is 0 Å². The van der Waals surface area contributed by atoms with Crippen LogP contribution in [-0.2, 0) is 13.5 Å². The van der Waals surface area contributed by atoms with E-state index in [1.807, 2.05) is 23.9 Å². The van der Waals surface area contributed by atoms with Gasteiger partial charge in [-0.3, -0.25) is 4.98 Å². The number of pyridine rings is 1. The summed E-state index contributed by atoms with van der Waals surface area (Å²) < 4.78 is 2.04. The van der Waals surface area contributed by atoms with E-state index >= 15 is 0 Å². The molecule has 3 aromatic heterocycles. The van der Waals surface area contributed by atoms with Crippen molar-refractivity contribution in [3.8, 4) is 11.4 Å². The maximum atomic E-state index is 6.09. The number of nitrogens with two attached hydrogens (primary N) is 1. The number of hydrogen-bond acceptors (Lipinski definition) is 4. The first kappa shape index (κ1) is 11.2. The van der Waals surface area contributed by atoms with Gasteiger partial charge in [0.1, 0.15) is 5.82 Å². The highest BCUT2D eigenvalue weighted by Crippen LogP contribution is 2.34. The standard InChI is InChI=1S/C13H14N4S/c1-3-8-6-9(12(14)18-8)13-16-10-4-5-15-7-11(10)17(13)2/h4-7H,3,14H2,1-2H3. The van der Waals surface area contributed by atoms with Crippen LogP contribution in [0.3, 0.4) is 0 Å². The van der Waals surface area contributed by atoms with E-state index in [0.29, 0.717) is 0 Å². The van der Waals surface area contributed by atoms with Gasteiger partial charge in [0, 0.05) is 18.1 Å². The lowest BCUT2D eigenvalue weighted by molar-refractivity contribution is 0.957. The highest BCUT2D eigenvalue weighted by atomic mass is 32.1. The summed E-state index contributed by atoms with van der Waals surface area (Å²) in [5.74, 6) is 0.909. The molecular formula is C13H14N4S. The van der Waals surface area contributed by atoms with Gasteiger partial charge in [0.05, 0.1) is 27.8 Å². The molecule has 92 valence electrons. The van der Waals surface area contributed by atoms with Crippen LogP contribution in [-0.4, -0.2) is 14.5 Å². The number of nitrogens with zero attached hydrogens (tertiary/aromatic N) is 3. The normalized spacial score (nSPS) is 11.2. The molecule has 3 heterocycles. The molecule has 2 N–H and O–H groups in total. The van der Waals surface area contributed by atoms with E-state index in [4.69, 9.17) is 5.73 Å². The molecule has 0 saturated carbocycles. The van der Waals surface area contributed by atoms with Gasteiger partial charge < -0.3 is 10.3 Å². The highest BCUT2D eigenvalue weighted by Gasteiger charge is 2.14. The first-order chi connectivity index (χ1) is 8.70. The largest absolute Gasteiger partial charge is 0.390 e. The van der Waals surface area contributed by atoms with Crippen LogP contribution < -0.4 is 5.73 Å². The van der Waals surface area contributed by atoms with Gasteiger partial charge in [0.2, 0.25) is 0 Å². The molecule has 0 amide bonds. The van der Waals surface area contributed by atoms with Gasteiger partial charge in [-0.1, -0.05) is 6.92 Å². The summed E-state index contributed by atoms with van der Waals surface area (Å²) in [5, 5.41) is 0.832. The summed E-state index contributed by atoms with van der Waals surface area (Å²) in [6.45, 7) is 2.13. The van der Waals surface area contributed by atoms with Crippen LogP contribution in [0.25, 0.3) is 22.4 Å². The fourth-order valence-corrected chi connectivity index (χ4v) is 2.95. The van der Waals surface area contributed by atoms with E-state index in [0.717, 1.165) is 33.8 Å². The number of fused-ring (bicyclic) bond motifs is 1. The van der Waals surface area contributed by atoms with Gasteiger partial charge in [-0.05, 0) is 18.6 Å². The second-order valence-corrected chi connectivity index (χ2v) is 5.37. The molecule has 0 bridgehead atoms. The summed E-state index contributed by atoms with van der Waals surface area (Å²) in [7, 11) is 2.00. The van der Waals surface area contributed by atoms with Crippen molar-refractivity contribution in [1.29, 1.82) is 0 Å². The Morgan fingerprint density at radius 2 is 2.28 bits per heavy atom. The van der Waals surface area contributed by atoms with Gasteiger partial charge in [-0.25, -0.2) is 4.98 Å². The predicted molar refractivity (Wildman–Crippen MR) is 75.6 cm³/mol. The van der Waals surface area contributed by atoms with Gasteiger partial charge in [0.15, 0.2) is 0 Å². The second kappa shape index (κ2) is 4.10. The zero-order chi connectivity index (χ0) is 12.7. The van der Waals surface area contributed by atoms with Gasteiger partial charge in [0.25, 0.3) is 0 Å². The zero-order valence-corrected chi connectivity index (χ0v) is 11.2. The molecule has 0 fully saturated rings. The third-order valence-corrected chi connectivity index (χ3v) is 4.19. The summed E-state index contributed by atoms with van der Waals surface area (Å²) in [6, 6.07) is 4.05. The van der Waals surface area contributed by atoms with Crippen LogP contribution in [0.2, 0.25) is 0 Å². The van der Waals surface area contributed by atoms with Crippen molar-refractivity contribution < 1.29 is 0 Å². The third kappa shape index (κ3) is 1.59. The Hall–Kier alpha value is -1.88. The Bertz CT molecular complexity index is 711. The van der Waals surface area contributed by atoms with E-state index in [9.17, 15) is 0 Å². The first-order valence-electron chi connectivity index (χ1n) is 5.85. The van der Waals surface area contributed by atoms with Crippen molar-refractivity contribution >= 4 is 27.4 Å². The van der Waals surface area contributed by atoms with E-state index in [1.54, 1.807) is 17.5 Å². The zero-order valence-electron chi connectivity index (χ0n) is 10.3. The molecule has 0 aliphatic rings. The first-order valence-corrected chi connectivity index (χ1v) is 6.67. The van der Waals surface area contributed by atoms with Crippen LogP contribution in [0.5, 0.6) is 0 Å². The minimum atomic E-state index is 0.832. The number of imidazole rings is 1. The van der Waals surface area contributed by atoms with Crippen LogP contribution in [0.15, 0.2) is 24.5 Å². The maximum Gasteiger partial charge on any atom is 0.143 e. The molecule has 18 heavy (non-hydrogen) atoms. The molecular weight excluding hydrogens is 244 g/mol. The Morgan fingerprint density at radius 1 is 1.44 bits per heavy atom. The van der Waals surface area contributed by atoms with E-state index in [2.05, 4.69) is 23.0 Å². The lowest BCUT2D eigenvalue weighted by Crippen LogP contribution is -1.93. The molecule has 0 unspecified atom stereocenters. The quantitative estimate of drug-likeness (QED) is 0.769. The molecule has 3 rings (SSSR count). The molecule has 4 nitrogen and oxygen atoms in total. The maximum absolute atomic E-state index is 6.09. The van der Waals surface area contributed by atoms with E-state index in [1.165, 1.54) is 4.88 Å². The van der Waals surface area contributed by atoms with Crippen LogP contribution in [0, 0.1) is 0 Å². The van der Waals surface area contributed by atoms with E-state index in [-0.39, 0.29) is 0 Å². The van der Waals surface area contributed by atoms with Crippen LogP contribution in [0.1, 0.15) is 11.8 Å². The van der Waals surface area contributed by atoms with Crippen molar-refractivity contribution in [3.05, 3.63) is 29.4 Å². The molecule has 3 aromatic rings. The molecule has 0 saturated heterocycles. The average Bonchev–Trinajstić information content (AvgIpc) is 2.91. The summed E-state index contributed by atoms with van der Waals surface area (Å²) in [5.41, 5.74) is 9.09. The number of rotatable bonds is 2. The molecule has 0 radical (unpaired) electrons. The lowest BCUT2D eigenvalue weighted by atomic mass is 10.2. The number of aromatic nitrogens is 3. The van der Waals surface area contributed by atoms with Crippen LogP contribution >= 0.6 is 11.3 Å². The second-order valence-electron chi connectivity index (χ2n) is 4.20.